The molecule has 0 bridgehead atoms. The quantitative estimate of drug-likeness (QED) is 0.486. The molecule has 2 aromatic carbocycles. The smallest absolute Gasteiger partial charge is 0.0876 e. The number of benzene rings is 2. The van der Waals surface area contributed by atoms with Crippen LogP contribution in [-0.2, 0) is 0 Å². The van der Waals surface area contributed by atoms with Gasteiger partial charge in [0.15, 0.2) is 0 Å². The summed E-state index contributed by atoms with van der Waals surface area (Å²) in [5, 5.41) is 2.19. The molecule has 20 heavy (non-hydrogen) atoms. The SMILES string of the molecule is ClC(c1c[nH]c2ccccc12)c1c[nH]c2ccccc12. The summed E-state index contributed by atoms with van der Waals surface area (Å²) in [6.45, 7) is 0. The van der Waals surface area contributed by atoms with Gasteiger partial charge in [-0.1, -0.05) is 36.4 Å². The first-order valence-corrected chi connectivity index (χ1v) is 7.04. The monoisotopic (exact) mass is 280 g/mol. The third-order valence-corrected chi connectivity index (χ3v) is 4.26. The molecular formula is C17H13ClN2. The molecule has 0 saturated heterocycles. The van der Waals surface area contributed by atoms with E-state index in [1.54, 1.807) is 0 Å². The van der Waals surface area contributed by atoms with E-state index in [9.17, 15) is 0 Å². The van der Waals surface area contributed by atoms with E-state index in [0.29, 0.717) is 0 Å². The fraction of sp³-hybridized carbons (Fsp3) is 0.0588. The van der Waals surface area contributed by atoms with Gasteiger partial charge in [0.05, 0.1) is 5.38 Å². The van der Waals surface area contributed by atoms with E-state index in [4.69, 9.17) is 11.6 Å². The third-order valence-electron chi connectivity index (χ3n) is 3.79. The van der Waals surface area contributed by atoms with Gasteiger partial charge in [0, 0.05) is 34.2 Å². The van der Waals surface area contributed by atoms with E-state index in [1.165, 1.54) is 10.8 Å². The first-order chi connectivity index (χ1) is 9.84. The summed E-state index contributed by atoms with van der Waals surface area (Å²) in [4.78, 5) is 6.57. The van der Waals surface area contributed by atoms with Crippen LogP contribution in [0.3, 0.4) is 0 Å². The predicted molar refractivity (Wildman–Crippen MR) is 84.3 cm³/mol. The second kappa shape index (κ2) is 4.43. The molecule has 4 rings (SSSR count). The highest BCUT2D eigenvalue weighted by Gasteiger charge is 2.18. The second-order valence-electron chi connectivity index (χ2n) is 4.94. The molecule has 2 N–H and O–H groups in total. The van der Waals surface area contributed by atoms with Gasteiger partial charge in [-0.05, 0) is 23.3 Å². The minimum atomic E-state index is -0.165. The van der Waals surface area contributed by atoms with Gasteiger partial charge in [-0.3, -0.25) is 0 Å². The van der Waals surface area contributed by atoms with Crippen molar-refractivity contribution in [3.63, 3.8) is 0 Å². The maximum atomic E-state index is 6.73. The van der Waals surface area contributed by atoms with Crippen LogP contribution in [0.1, 0.15) is 16.5 Å². The molecule has 2 aromatic heterocycles. The zero-order chi connectivity index (χ0) is 13.5. The normalized spacial score (nSPS) is 11.7. The fourth-order valence-electron chi connectivity index (χ4n) is 2.77. The van der Waals surface area contributed by atoms with Gasteiger partial charge < -0.3 is 9.97 Å². The Kier molecular flexibility index (Phi) is 2.57. The molecule has 0 aliphatic rings. The molecule has 0 fully saturated rings. The fourth-order valence-corrected chi connectivity index (χ4v) is 3.14. The zero-order valence-corrected chi connectivity index (χ0v) is 11.5. The molecule has 0 radical (unpaired) electrons. The highest BCUT2D eigenvalue weighted by molar-refractivity contribution is 6.24. The van der Waals surface area contributed by atoms with Crippen LogP contribution in [0, 0.1) is 0 Å². The Balaban J connectivity index is 1.90. The predicted octanol–water partition coefficient (Wildman–Crippen LogP) is 4.98. The first-order valence-electron chi connectivity index (χ1n) is 6.60. The number of H-pyrrole nitrogens is 2. The highest BCUT2D eigenvalue weighted by Crippen LogP contribution is 2.37. The van der Waals surface area contributed by atoms with Gasteiger partial charge in [-0.25, -0.2) is 0 Å². The van der Waals surface area contributed by atoms with Crippen LogP contribution < -0.4 is 0 Å². The molecule has 2 nitrogen and oxygen atoms in total. The van der Waals surface area contributed by atoms with Crippen molar-refractivity contribution in [3.05, 3.63) is 72.1 Å². The number of hydrogen-bond donors (Lipinski definition) is 2. The van der Waals surface area contributed by atoms with Gasteiger partial charge in [-0.15, -0.1) is 11.6 Å². The van der Waals surface area contributed by atoms with E-state index in [-0.39, 0.29) is 5.38 Å². The number of para-hydroxylation sites is 2. The van der Waals surface area contributed by atoms with Gasteiger partial charge in [0.25, 0.3) is 0 Å². The molecule has 0 spiro atoms. The summed E-state index contributed by atoms with van der Waals surface area (Å²) in [5.41, 5.74) is 4.47. The molecule has 0 aliphatic carbocycles. The lowest BCUT2D eigenvalue weighted by molar-refractivity contribution is 1.17. The molecule has 0 amide bonds. The zero-order valence-electron chi connectivity index (χ0n) is 10.7. The lowest BCUT2D eigenvalue weighted by atomic mass is 10.0. The lowest BCUT2D eigenvalue weighted by Gasteiger charge is -2.07. The largest absolute Gasteiger partial charge is 0.361 e. The Labute approximate surface area is 121 Å². The summed E-state index contributed by atoms with van der Waals surface area (Å²) in [5.74, 6) is 0. The average Bonchev–Trinajstić information content (AvgIpc) is 3.11. The van der Waals surface area contributed by atoms with Crippen molar-refractivity contribution in [1.29, 1.82) is 0 Å². The van der Waals surface area contributed by atoms with E-state index in [1.807, 2.05) is 36.7 Å². The molecule has 98 valence electrons. The number of halogens is 1. The van der Waals surface area contributed by atoms with Crippen LogP contribution in [0.25, 0.3) is 21.8 Å². The summed E-state index contributed by atoms with van der Waals surface area (Å²) >= 11 is 6.73. The van der Waals surface area contributed by atoms with E-state index in [2.05, 4.69) is 34.2 Å². The summed E-state index contributed by atoms with van der Waals surface area (Å²) < 4.78 is 0. The van der Waals surface area contributed by atoms with Crippen molar-refractivity contribution < 1.29 is 0 Å². The van der Waals surface area contributed by atoms with Crippen LogP contribution in [0.15, 0.2) is 60.9 Å². The van der Waals surface area contributed by atoms with Gasteiger partial charge in [0.2, 0.25) is 0 Å². The van der Waals surface area contributed by atoms with E-state index < -0.39 is 0 Å². The summed E-state index contributed by atoms with van der Waals surface area (Å²) in [7, 11) is 0. The van der Waals surface area contributed by atoms with Crippen LogP contribution in [-0.4, -0.2) is 9.97 Å². The van der Waals surface area contributed by atoms with Gasteiger partial charge in [0.1, 0.15) is 0 Å². The molecule has 0 atom stereocenters. The number of aromatic nitrogens is 2. The number of hydrogen-bond acceptors (Lipinski definition) is 0. The summed E-state index contributed by atoms with van der Waals surface area (Å²) in [6.07, 6.45) is 4.01. The molecule has 4 aromatic rings. The van der Waals surface area contributed by atoms with E-state index >= 15 is 0 Å². The molecule has 0 saturated carbocycles. The Morgan fingerprint density at radius 1 is 0.700 bits per heavy atom. The number of fused-ring (bicyclic) bond motifs is 2. The first kappa shape index (κ1) is 11.6. The van der Waals surface area contributed by atoms with Gasteiger partial charge >= 0.3 is 0 Å². The average molecular weight is 281 g/mol. The lowest BCUT2D eigenvalue weighted by Crippen LogP contribution is -1.90. The Morgan fingerprint density at radius 3 is 1.65 bits per heavy atom. The van der Waals surface area contributed by atoms with Gasteiger partial charge in [-0.2, -0.15) is 0 Å². The van der Waals surface area contributed by atoms with Crippen LogP contribution in [0.2, 0.25) is 0 Å². The Hall–Kier alpha value is -2.19. The molecule has 3 heteroatoms. The second-order valence-corrected chi connectivity index (χ2v) is 5.38. The van der Waals surface area contributed by atoms with Crippen LogP contribution in [0.5, 0.6) is 0 Å². The van der Waals surface area contributed by atoms with Crippen molar-refractivity contribution in [2.24, 2.45) is 0 Å². The maximum Gasteiger partial charge on any atom is 0.0876 e. The Bertz CT molecular complexity index is 814. The molecule has 2 heterocycles. The maximum absolute atomic E-state index is 6.73. The number of nitrogens with one attached hydrogen (secondary N) is 2. The van der Waals surface area contributed by atoms with Crippen molar-refractivity contribution in [1.82, 2.24) is 9.97 Å². The molecule has 0 unspecified atom stereocenters. The molecular weight excluding hydrogens is 268 g/mol. The minimum absolute atomic E-state index is 0.165. The Morgan fingerprint density at radius 2 is 1.15 bits per heavy atom. The van der Waals surface area contributed by atoms with Crippen LogP contribution in [0.4, 0.5) is 0 Å². The standard InChI is InChI=1S/C17H13ClN2/c18-17(13-9-19-15-7-3-1-5-11(13)15)14-10-20-16-8-4-2-6-12(14)16/h1-10,17,19-20H. The number of aromatic amines is 2. The van der Waals surface area contributed by atoms with E-state index in [0.717, 1.165) is 22.2 Å². The number of rotatable bonds is 2. The summed E-state index contributed by atoms with van der Waals surface area (Å²) in [6, 6.07) is 16.5. The van der Waals surface area contributed by atoms with Crippen LogP contribution >= 0.6 is 11.6 Å². The number of alkyl halides is 1. The minimum Gasteiger partial charge on any atom is -0.361 e. The van der Waals surface area contributed by atoms with Crippen molar-refractivity contribution in [2.75, 3.05) is 0 Å². The molecule has 0 aliphatic heterocycles. The van der Waals surface area contributed by atoms with Crippen molar-refractivity contribution in [2.45, 2.75) is 5.38 Å². The third kappa shape index (κ3) is 1.65. The van der Waals surface area contributed by atoms with Crippen molar-refractivity contribution >= 4 is 33.4 Å². The highest BCUT2D eigenvalue weighted by atomic mass is 35.5. The topological polar surface area (TPSA) is 31.6 Å². The van der Waals surface area contributed by atoms with Crippen molar-refractivity contribution in [3.8, 4) is 0 Å².